The van der Waals surface area contributed by atoms with E-state index in [0.29, 0.717) is 17.5 Å². The zero-order valence-corrected chi connectivity index (χ0v) is 35.5. The normalized spacial score (nSPS) is 11.6. The lowest BCUT2D eigenvalue weighted by Gasteiger charge is -2.11. The number of rotatable bonds is 7. The Balaban J connectivity index is 0.815. The SMILES string of the molecule is c1ccc(-c2nc(-c3ccc(-c4ccc(-c5nccc6c5oc5ccc(-c7ccc8c(c7)c7ccccc7n8-c7ccccc7)cc56)cc4)cc3)nc(-c3cccc4ccccc34)n2)cc1. The molecule has 0 saturated heterocycles. The van der Waals surface area contributed by atoms with Crippen LogP contribution in [0.2, 0.25) is 0 Å². The smallest absolute Gasteiger partial charge is 0.164 e. The zero-order valence-electron chi connectivity index (χ0n) is 35.5. The molecular formula is C60H37N5O. The lowest BCUT2D eigenvalue weighted by atomic mass is 9.99. The summed E-state index contributed by atoms with van der Waals surface area (Å²) in [7, 11) is 0. The molecule has 0 aliphatic heterocycles. The van der Waals surface area contributed by atoms with E-state index in [4.69, 9.17) is 24.4 Å². The average Bonchev–Trinajstić information content (AvgIpc) is 3.94. The first-order valence-electron chi connectivity index (χ1n) is 22.1. The van der Waals surface area contributed by atoms with Gasteiger partial charge in [-0.25, -0.2) is 15.0 Å². The second kappa shape index (κ2) is 15.4. The molecule has 9 aromatic carbocycles. The summed E-state index contributed by atoms with van der Waals surface area (Å²) in [5.41, 5.74) is 14.2. The van der Waals surface area contributed by atoms with Crippen LogP contribution in [0.1, 0.15) is 0 Å². The molecule has 0 bridgehead atoms. The van der Waals surface area contributed by atoms with E-state index >= 15 is 0 Å². The second-order valence-electron chi connectivity index (χ2n) is 16.6. The highest BCUT2D eigenvalue weighted by Crippen LogP contribution is 2.40. The number of furan rings is 1. The first-order valence-corrected chi connectivity index (χ1v) is 22.1. The number of para-hydroxylation sites is 2. The highest BCUT2D eigenvalue weighted by Gasteiger charge is 2.18. The van der Waals surface area contributed by atoms with Gasteiger partial charge in [-0.2, -0.15) is 0 Å². The Morgan fingerprint density at radius 3 is 1.68 bits per heavy atom. The monoisotopic (exact) mass is 843 g/mol. The largest absolute Gasteiger partial charge is 0.454 e. The van der Waals surface area contributed by atoms with Crippen LogP contribution in [0.5, 0.6) is 0 Å². The van der Waals surface area contributed by atoms with Gasteiger partial charge < -0.3 is 8.98 Å². The van der Waals surface area contributed by atoms with Crippen LogP contribution in [0, 0.1) is 0 Å². The van der Waals surface area contributed by atoms with Gasteiger partial charge >= 0.3 is 0 Å². The summed E-state index contributed by atoms with van der Waals surface area (Å²) in [6, 6.07) is 76.2. The second-order valence-corrected chi connectivity index (χ2v) is 16.6. The van der Waals surface area contributed by atoms with Crippen LogP contribution in [0.3, 0.4) is 0 Å². The fraction of sp³-hybridized carbons (Fsp3) is 0. The molecule has 0 atom stereocenters. The van der Waals surface area contributed by atoms with Gasteiger partial charge in [0.05, 0.1) is 11.0 Å². The molecule has 0 aliphatic rings. The highest BCUT2D eigenvalue weighted by molar-refractivity contribution is 6.12. The van der Waals surface area contributed by atoms with E-state index in [-0.39, 0.29) is 0 Å². The Kier molecular flexibility index (Phi) is 8.74. The van der Waals surface area contributed by atoms with Crippen molar-refractivity contribution in [3.63, 3.8) is 0 Å². The Labute approximate surface area is 379 Å². The number of fused-ring (bicyclic) bond motifs is 7. The summed E-state index contributed by atoms with van der Waals surface area (Å²) in [5.74, 6) is 1.91. The fourth-order valence-electron chi connectivity index (χ4n) is 9.49. The minimum atomic E-state index is 0.624. The fourth-order valence-corrected chi connectivity index (χ4v) is 9.49. The lowest BCUT2D eigenvalue weighted by molar-refractivity contribution is 0.668. The first-order chi connectivity index (χ1) is 32.7. The van der Waals surface area contributed by atoms with E-state index < -0.39 is 0 Å². The third-order valence-electron chi connectivity index (χ3n) is 12.7. The van der Waals surface area contributed by atoms with Crippen molar-refractivity contribution >= 4 is 54.5 Å². The standard InChI is InChI=1S/C60H37N5O/c1-3-13-42(14-4-1)58-62-59(64-60(63-58)50-20-11-15-40-12-7-8-18-47(40)50)43-28-24-39(25-29-43)38-22-26-41(27-23-38)56-57-49(34-35-61-56)52-37-45(31-33-55(52)66-57)44-30-32-54-51(36-44)48-19-9-10-21-53(48)65(54)46-16-5-2-6-17-46/h1-37H. The number of hydrogen-bond donors (Lipinski definition) is 0. The summed E-state index contributed by atoms with van der Waals surface area (Å²) in [6.07, 6.45) is 1.88. The van der Waals surface area contributed by atoms with Crippen molar-refractivity contribution in [1.82, 2.24) is 24.5 Å². The molecule has 0 saturated carbocycles. The maximum atomic E-state index is 6.59. The molecule has 6 nitrogen and oxygen atoms in total. The van der Waals surface area contributed by atoms with Crippen LogP contribution in [-0.4, -0.2) is 24.5 Å². The van der Waals surface area contributed by atoms with Crippen LogP contribution in [0.25, 0.3) is 128 Å². The van der Waals surface area contributed by atoms with Gasteiger partial charge in [-0.1, -0.05) is 170 Å². The van der Waals surface area contributed by atoms with Gasteiger partial charge in [0.25, 0.3) is 0 Å². The van der Waals surface area contributed by atoms with Gasteiger partial charge in [0, 0.05) is 55.7 Å². The van der Waals surface area contributed by atoms with Gasteiger partial charge in [-0.15, -0.1) is 0 Å². The van der Waals surface area contributed by atoms with Crippen molar-refractivity contribution < 1.29 is 4.42 Å². The molecule has 0 radical (unpaired) electrons. The molecule has 4 aromatic heterocycles. The third-order valence-corrected chi connectivity index (χ3v) is 12.7. The van der Waals surface area contributed by atoms with Gasteiger partial charge in [0.2, 0.25) is 0 Å². The minimum Gasteiger partial charge on any atom is -0.454 e. The van der Waals surface area contributed by atoms with E-state index in [0.717, 1.165) is 88.6 Å². The van der Waals surface area contributed by atoms with Crippen LogP contribution in [0.15, 0.2) is 229 Å². The molecule has 0 amide bonds. The van der Waals surface area contributed by atoms with Gasteiger partial charge in [0.1, 0.15) is 11.3 Å². The van der Waals surface area contributed by atoms with Crippen molar-refractivity contribution in [2.24, 2.45) is 0 Å². The topological polar surface area (TPSA) is 69.6 Å². The third kappa shape index (κ3) is 6.34. The maximum Gasteiger partial charge on any atom is 0.164 e. The van der Waals surface area contributed by atoms with Crippen LogP contribution in [-0.2, 0) is 0 Å². The predicted molar refractivity (Wildman–Crippen MR) is 269 cm³/mol. The van der Waals surface area contributed by atoms with Gasteiger partial charge in [-0.3, -0.25) is 4.98 Å². The number of nitrogens with zero attached hydrogens (tertiary/aromatic N) is 5. The number of benzene rings is 9. The molecule has 13 rings (SSSR count). The summed E-state index contributed by atoms with van der Waals surface area (Å²) in [4.78, 5) is 19.9. The summed E-state index contributed by atoms with van der Waals surface area (Å²) < 4.78 is 8.94. The van der Waals surface area contributed by atoms with Crippen LogP contribution in [0.4, 0.5) is 0 Å². The quantitative estimate of drug-likeness (QED) is 0.160. The Morgan fingerprint density at radius 2 is 0.909 bits per heavy atom. The van der Waals surface area contributed by atoms with E-state index in [1.165, 1.54) is 21.8 Å². The average molecular weight is 844 g/mol. The van der Waals surface area contributed by atoms with E-state index in [2.05, 4.69) is 193 Å². The van der Waals surface area contributed by atoms with Crippen molar-refractivity contribution in [2.45, 2.75) is 0 Å². The highest BCUT2D eigenvalue weighted by atomic mass is 16.3. The van der Waals surface area contributed by atoms with Crippen molar-refractivity contribution in [2.75, 3.05) is 0 Å². The molecule has 66 heavy (non-hydrogen) atoms. The maximum absolute atomic E-state index is 6.59. The Hall–Kier alpha value is -9.00. The van der Waals surface area contributed by atoms with E-state index in [1.807, 2.05) is 36.5 Å². The van der Waals surface area contributed by atoms with Crippen LogP contribution >= 0.6 is 0 Å². The number of pyridine rings is 1. The van der Waals surface area contributed by atoms with E-state index in [1.54, 1.807) is 0 Å². The molecular weight excluding hydrogens is 807 g/mol. The predicted octanol–water partition coefficient (Wildman–Crippen LogP) is 15.4. The number of aromatic nitrogens is 5. The molecule has 4 heterocycles. The summed E-state index contributed by atoms with van der Waals surface area (Å²) in [6.45, 7) is 0. The molecule has 0 N–H and O–H groups in total. The van der Waals surface area contributed by atoms with E-state index in [9.17, 15) is 0 Å². The van der Waals surface area contributed by atoms with Crippen molar-refractivity contribution in [1.29, 1.82) is 0 Å². The first kappa shape index (κ1) is 37.5. The van der Waals surface area contributed by atoms with Gasteiger partial charge in [-0.05, 0) is 81.6 Å². The molecule has 0 spiro atoms. The van der Waals surface area contributed by atoms with Crippen LogP contribution < -0.4 is 0 Å². The molecule has 0 unspecified atom stereocenters. The Bertz CT molecular complexity index is 3960. The summed E-state index contributed by atoms with van der Waals surface area (Å²) >= 11 is 0. The van der Waals surface area contributed by atoms with Crippen molar-refractivity contribution in [3.05, 3.63) is 225 Å². The Morgan fingerprint density at radius 1 is 0.348 bits per heavy atom. The van der Waals surface area contributed by atoms with Gasteiger partial charge in [0.15, 0.2) is 23.1 Å². The minimum absolute atomic E-state index is 0.624. The lowest BCUT2D eigenvalue weighted by Crippen LogP contribution is -2.00. The molecule has 0 aliphatic carbocycles. The number of hydrogen-bond acceptors (Lipinski definition) is 5. The van der Waals surface area contributed by atoms with Crippen molar-refractivity contribution in [3.8, 4) is 73.4 Å². The zero-order chi connectivity index (χ0) is 43.6. The summed E-state index contributed by atoms with van der Waals surface area (Å²) in [5, 5.41) is 6.80. The molecule has 308 valence electrons. The molecule has 6 heteroatoms. The molecule has 13 aromatic rings. The molecule has 0 fully saturated rings.